The lowest BCUT2D eigenvalue weighted by Crippen LogP contribution is -2.55. The Hall–Kier alpha value is -1.10. The van der Waals surface area contributed by atoms with Gasteiger partial charge in [-0.25, -0.2) is 4.79 Å². The van der Waals surface area contributed by atoms with Crippen LogP contribution in [0.2, 0.25) is 0 Å². The molecule has 0 aromatic rings. The second-order valence-corrected chi connectivity index (χ2v) is 7.27. The minimum absolute atomic E-state index is 0.229. The van der Waals surface area contributed by atoms with Crippen LogP contribution in [0, 0.1) is 11.8 Å². The molecule has 20 heavy (non-hydrogen) atoms. The highest BCUT2D eigenvalue weighted by Gasteiger charge is 2.29. The minimum atomic E-state index is -0.424. The summed E-state index contributed by atoms with van der Waals surface area (Å²) in [4.78, 5) is 26.0. The maximum absolute atomic E-state index is 12.1. The zero-order valence-electron chi connectivity index (χ0n) is 13.6. The Morgan fingerprint density at radius 1 is 1.15 bits per heavy atom. The molecule has 0 radical (unpaired) electrons. The van der Waals surface area contributed by atoms with Gasteiger partial charge in [-0.15, -0.1) is 0 Å². The second-order valence-electron chi connectivity index (χ2n) is 7.27. The number of carbonyl (C=O) groups excluding carboxylic acids is 2. The summed E-state index contributed by atoms with van der Waals surface area (Å²) in [7, 11) is 0. The molecule has 0 saturated carbocycles. The highest BCUT2D eigenvalue weighted by Crippen LogP contribution is 2.22. The standard InChI is InChI=1S/C15H29N3O2/c1-10-7-11(2)9-18(8-10)12(3)13(19)16-14(20)17-15(4,5)6/h10-12H,7-9H2,1-6H3,(H2,16,17,19,20)/t10-,11-,12+/m1/s1. The molecule has 116 valence electrons. The van der Waals surface area contributed by atoms with Crippen LogP contribution in [0.25, 0.3) is 0 Å². The topological polar surface area (TPSA) is 61.4 Å². The van der Waals surface area contributed by atoms with Crippen molar-refractivity contribution in [2.75, 3.05) is 13.1 Å². The Kier molecular flexibility index (Phi) is 5.57. The van der Waals surface area contributed by atoms with E-state index in [-0.39, 0.29) is 17.5 Å². The molecule has 1 rings (SSSR count). The average Bonchev–Trinajstić information content (AvgIpc) is 2.23. The van der Waals surface area contributed by atoms with E-state index in [0.29, 0.717) is 11.8 Å². The van der Waals surface area contributed by atoms with Crippen molar-refractivity contribution in [2.45, 2.75) is 59.5 Å². The summed E-state index contributed by atoms with van der Waals surface area (Å²) in [6.07, 6.45) is 1.20. The molecule has 1 aliphatic heterocycles. The number of piperidine rings is 1. The monoisotopic (exact) mass is 283 g/mol. The van der Waals surface area contributed by atoms with Gasteiger partial charge in [-0.05, 0) is 46.0 Å². The maximum Gasteiger partial charge on any atom is 0.321 e. The quantitative estimate of drug-likeness (QED) is 0.814. The van der Waals surface area contributed by atoms with Crippen LogP contribution < -0.4 is 10.6 Å². The van der Waals surface area contributed by atoms with Crippen molar-refractivity contribution >= 4 is 11.9 Å². The van der Waals surface area contributed by atoms with E-state index in [4.69, 9.17) is 0 Å². The first kappa shape index (κ1) is 17.0. The Labute approximate surface area is 122 Å². The fourth-order valence-electron chi connectivity index (χ4n) is 2.78. The fourth-order valence-corrected chi connectivity index (χ4v) is 2.78. The molecule has 3 atom stereocenters. The molecule has 0 bridgehead atoms. The van der Waals surface area contributed by atoms with Crippen LogP contribution in [0.1, 0.15) is 48.0 Å². The molecule has 3 amide bonds. The number of nitrogens with zero attached hydrogens (tertiary/aromatic N) is 1. The van der Waals surface area contributed by atoms with Gasteiger partial charge in [0.25, 0.3) is 0 Å². The van der Waals surface area contributed by atoms with E-state index in [0.717, 1.165) is 13.1 Å². The number of likely N-dealkylation sites (tertiary alicyclic amines) is 1. The number of rotatable bonds is 2. The van der Waals surface area contributed by atoms with Crippen molar-refractivity contribution in [1.82, 2.24) is 15.5 Å². The predicted octanol–water partition coefficient (Wildman–Crippen LogP) is 1.98. The molecule has 1 fully saturated rings. The van der Waals surface area contributed by atoms with Gasteiger partial charge in [0.2, 0.25) is 5.91 Å². The van der Waals surface area contributed by atoms with E-state index in [2.05, 4.69) is 29.4 Å². The van der Waals surface area contributed by atoms with Gasteiger partial charge in [0.15, 0.2) is 0 Å². The first-order valence-corrected chi connectivity index (χ1v) is 7.45. The van der Waals surface area contributed by atoms with Gasteiger partial charge in [0.1, 0.15) is 0 Å². The van der Waals surface area contributed by atoms with Gasteiger partial charge >= 0.3 is 6.03 Å². The van der Waals surface area contributed by atoms with E-state index >= 15 is 0 Å². The summed E-state index contributed by atoms with van der Waals surface area (Å²) in [5, 5.41) is 5.17. The summed E-state index contributed by atoms with van der Waals surface area (Å²) < 4.78 is 0. The predicted molar refractivity (Wildman–Crippen MR) is 80.4 cm³/mol. The lowest BCUT2D eigenvalue weighted by atomic mass is 9.91. The molecule has 0 aliphatic carbocycles. The molecule has 1 aliphatic rings. The average molecular weight is 283 g/mol. The van der Waals surface area contributed by atoms with Crippen molar-refractivity contribution in [3.8, 4) is 0 Å². The summed E-state index contributed by atoms with van der Waals surface area (Å²) in [5.74, 6) is 0.961. The Balaban J connectivity index is 2.52. The fraction of sp³-hybridized carbons (Fsp3) is 0.867. The van der Waals surface area contributed by atoms with Gasteiger partial charge < -0.3 is 5.32 Å². The van der Waals surface area contributed by atoms with Crippen LogP contribution in [0.5, 0.6) is 0 Å². The summed E-state index contributed by atoms with van der Waals surface area (Å²) in [5.41, 5.74) is -0.345. The maximum atomic E-state index is 12.1. The van der Waals surface area contributed by atoms with E-state index in [9.17, 15) is 9.59 Å². The number of hydrogen-bond donors (Lipinski definition) is 2. The third kappa shape index (κ3) is 5.49. The van der Waals surface area contributed by atoms with Gasteiger partial charge in [-0.2, -0.15) is 0 Å². The Morgan fingerprint density at radius 2 is 1.65 bits per heavy atom. The third-order valence-corrected chi connectivity index (χ3v) is 3.55. The van der Waals surface area contributed by atoms with E-state index < -0.39 is 6.03 Å². The molecule has 0 aromatic carbocycles. The molecule has 1 saturated heterocycles. The van der Waals surface area contributed by atoms with Crippen LogP contribution in [-0.2, 0) is 4.79 Å². The lowest BCUT2D eigenvalue weighted by Gasteiger charge is -2.38. The van der Waals surface area contributed by atoms with E-state index in [1.54, 1.807) is 0 Å². The SMILES string of the molecule is C[C@@H]1C[C@@H](C)CN([C@@H](C)C(=O)NC(=O)NC(C)(C)C)C1. The van der Waals surface area contributed by atoms with Gasteiger partial charge in [0.05, 0.1) is 6.04 Å². The molecular formula is C15H29N3O2. The first-order valence-electron chi connectivity index (χ1n) is 7.45. The van der Waals surface area contributed by atoms with Crippen molar-refractivity contribution in [3.63, 3.8) is 0 Å². The van der Waals surface area contributed by atoms with Crippen molar-refractivity contribution in [1.29, 1.82) is 0 Å². The van der Waals surface area contributed by atoms with Gasteiger partial charge in [-0.1, -0.05) is 13.8 Å². The highest BCUT2D eigenvalue weighted by molar-refractivity contribution is 5.97. The molecule has 2 N–H and O–H groups in total. The molecule has 1 heterocycles. The minimum Gasteiger partial charge on any atom is -0.333 e. The van der Waals surface area contributed by atoms with Crippen molar-refractivity contribution < 1.29 is 9.59 Å². The normalized spacial score (nSPS) is 25.9. The zero-order chi connectivity index (χ0) is 15.5. The van der Waals surface area contributed by atoms with Crippen LogP contribution in [-0.4, -0.2) is 41.5 Å². The molecule has 5 heteroatoms. The molecule has 0 unspecified atom stereocenters. The number of hydrogen-bond acceptors (Lipinski definition) is 3. The van der Waals surface area contributed by atoms with E-state index in [1.165, 1.54) is 6.42 Å². The summed E-state index contributed by atoms with van der Waals surface area (Å²) in [6, 6.07) is -0.696. The van der Waals surface area contributed by atoms with Crippen LogP contribution >= 0.6 is 0 Å². The molecule has 0 spiro atoms. The Bertz CT molecular complexity index is 353. The lowest BCUT2D eigenvalue weighted by molar-refractivity contribution is -0.125. The summed E-state index contributed by atoms with van der Waals surface area (Å²) >= 11 is 0. The molecule has 0 aromatic heterocycles. The molecule has 5 nitrogen and oxygen atoms in total. The smallest absolute Gasteiger partial charge is 0.321 e. The third-order valence-electron chi connectivity index (χ3n) is 3.55. The van der Waals surface area contributed by atoms with Gasteiger partial charge in [-0.3, -0.25) is 15.0 Å². The largest absolute Gasteiger partial charge is 0.333 e. The number of imide groups is 1. The number of nitrogens with one attached hydrogen (secondary N) is 2. The number of carbonyl (C=O) groups is 2. The zero-order valence-corrected chi connectivity index (χ0v) is 13.6. The van der Waals surface area contributed by atoms with Gasteiger partial charge in [0, 0.05) is 18.6 Å². The highest BCUT2D eigenvalue weighted by atomic mass is 16.2. The van der Waals surface area contributed by atoms with Crippen molar-refractivity contribution in [3.05, 3.63) is 0 Å². The summed E-state index contributed by atoms with van der Waals surface area (Å²) in [6.45, 7) is 13.8. The number of urea groups is 1. The van der Waals surface area contributed by atoms with Crippen LogP contribution in [0.3, 0.4) is 0 Å². The first-order chi connectivity index (χ1) is 9.08. The molecular weight excluding hydrogens is 254 g/mol. The number of amides is 3. The van der Waals surface area contributed by atoms with Crippen LogP contribution in [0.4, 0.5) is 4.79 Å². The van der Waals surface area contributed by atoms with Crippen molar-refractivity contribution in [2.24, 2.45) is 11.8 Å². The van der Waals surface area contributed by atoms with Crippen LogP contribution in [0.15, 0.2) is 0 Å². The second kappa shape index (κ2) is 6.57. The van der Waals surface area contributed by atoms with E-state index in [1.807, 2.05) is 27.7 Å². The Morgan fingerprint density at radius 3 is 2.10 bits per heavy atom.